The Bertz CT molecular complexity index is 702. The number of hydrogen-bond donors (Lipinski definition) is 2. The zero-order chi connectivity index (χ0) is 18.1. The lowest BCUT2D eigenvalue weighted by atomic mass is 10.0. The summed E-state index contributed by atoms with van der Waals surface area (Å²) in [7, 11) is 0. The Morgan fingerprint density at radius 1 is 1.31 bits per heavy atom. The summed E-state index contributed by atoms with van der Waals surface area (Å²) in [5.74, 6) is 1.11. The molecule has 2 heterocycles. The van der Waals surface area contributed by atoms with Crippen LogP contribution in [0.3, 0.4) is 0 Å². The number of carbonyl (C=O) groups excluding carboxylic acids is 2. The molecule has 4 rings (SSSR count). The number of nitrogens with one attached hydrogen (secondary N) is 2. The van der Waals surface area contributed by atoms with E-state index in [1.165, 1.54) is 12.0 Å². The van der Waals surface area contributed by atoms with E-state index in [4.69, 9.17) is 0 Å². The first kappa shape index (κ1) is 17.4. The Balaban J connectivity index is 1.31. The molecule has 1 saturated carbocycles. The maximum Gasteiger partial charge on any atom is 0.251 e. The molecule has 1 saturated heterocycles. The number of nitrogens with zero attached hydrogens (tertiary/aromatic N) is 1. The van der Waals surface area contributed by atoms with E-state index in [2.05, 4.69) is 17.6 Å². The summed E-state index contributed by atoms with van der Waals surface area (Å²) in [4.78, 5) is 27.0. The van der Waals surface area contributed by atoms with Crippen molar-refractivity contribution in [2.24, 2.45) is 11.8 Å². The summed E-state index contributed by atoms with van der Waals surface area (Å²) in [5, 5.41) is 6.47. The molecule has 0 radical (unpaired) electrons. The molecule has 1 aliphatic carbocycles. The van der Waals surface area contributed by atoms with Gasteiger partial charge in [0.05, 0.1) is 6.04 Å². The molecule has 3 aliphatic rings. The molecule has 0 bridgehead atoms. The van der Waals surface area contributed by atoms with Crippen molar-refractivity contribution < 1.29 is 9.59 Å². The van der Waals surface area contributed by atoms with E-state index in [0.717, 1.165) is 56.4 Å². The zero-order valence-corrected chi connectivity index (χ0v) is 15.6. The standard InChI is InChI=1S/C21H29N3O2/c1-2-14-12-18(14)21(26)24-10-8-17(24)13-23-20(25)16-6-7-19-15(11-16)5-3-4-9-22-19/h6-7,11,14,17-18,22H,2-5,8-10,12-13H2,1H3,(H,23,25). The Hall–Kier alpha value is -2.04. The fraction of sp³-hybridized carbons (Fsp3) is 0.619. The van der Waals surface area contributed by atoms with Crippen LogP contribution in [0.25, 0.3) is 0 Å². The van der Waals surface area contributed by atoms with Gasteiger partial charge in [0, 0.05) is 36.8 Å². The van der Waals surface area contributed by atoms with Crippen molar-refractivity contribution >= 4 is 17.5 Å². The van der Waals surface area contributed by atoms with Crippen LogP contribution in [-0.2, 0) is 11.2 Å². The number of anilines is 1. The topological polar surface area (TPSA) is 61.4 Å². The predicted molar refractivity (Wildman–Crippen MR) is 102 cm³/mol. The molecule has 2 N–H and O–H groups in total. The van der Waals surface area contributed by atoms with Crippen LogP contribution in [0.4, 0.5) is 5.69 Å². The van der Waals surface area contributed by atoms with Crippen molar-refractivity contribution in [1.29, 1.82) is 0 Å². The quantitative estimate of drug-likeness (QED) is 0.854. The summed E-state index contributed by atoms with van der Waals surface area (Å²) in [6, 6.07) is 6.11. The third-order valence-corrected chi connectivity index (χ3v) is 6.25. The highest BCUT2D eigenvalue weighted by Gasteiger charge is 2.46. The van der Waals surface area contributed by atoms with Gasteiger partial charge in [0.1, 0.15) is 0 Å². The number of aryl methyl sites for hydroxylation is 1. The largest absolute Gasteiger partial charge is 0.385 e. The molecule has 140 valence electrons. The van der Waals surface area contributed by atoms with Crippen LogP contribution in [0.2, 0.25) is 0 Å². The average Bonchev–Trinajstić information content (AvgIpc) is 3.43. The smallest absolute Gasteiger partial charge is 0.251 e. The molecule has 0 aromatic heterocycles. The highest BCUT2D eigenvalue weighted by Crippen LogP contribution is 2.43. The van der Waals surface area contributed by atoms with Crippen molar-refractivity contribution in [3.8, 4) is 0 Å². The van der Waals surface area contributed by atoms with Crippen LogP contribution in [-0.4, -0.2) is 42.4 Å². The van der Waals surface area contributed by atoms with Crippen molar-refractivity contribution in [2.75, 3.05) is 25.0 Å². The van der Waals surface area contributed by atoms with Crippen molar-refractivity contribution in [1.82, 2.24) is 10.2 Å². The number of rotatable bonds is 5. The molecule has 2 fully saturated rings. The molecule has 5 heteroatoms. The van der Waals surface area contributed by atoms with Crippen molar-refractivity contribution in [3.05, 3.63) is 29.3 Å². The molecule has 2 aliphatic heterocycles. The number of hydrogen-bond acceptors (Lipinski definition) is 3. The maximum absolute atomic E-state index is 12.5. The third kappa shape index (κ3) is 3.44. The van der Waals surface area contributed by atoms with Crippen LogP contribution >= 0.6 is 0 Å². The highest BCUT2D eigenvalue weighted by atomic mass is 16.2. The van der Waals surface area contributed by atoms with Crippen LogP contribution in [0.15, 0.2) is 18.2 Å². The monoisotopic (exact) mass is 355 g/mol. The highest BCUT2D eigenvalue weighted by molar-refractivity contribution is 5.95. The van der Waals surface area contributed by atoms with E-state index >= 15 is 0 Å². The summed E-state index contributed by atoms with van der Waals surface area (Å²) >= 11 is 0. The molecule has 1 aromatic carbocycles. The Labute approximate surface area is 155 Å². The van der Waals surface area contributed by atoms with Gasteiger partial charge in [-0.3, -0.25) is 9.59 Å². The molecule has 1 aromatic rings. The van der Waals surface area contributed by atoms with Gasteiger partial charge in [-0.2, -0.15) is 0 Å². The van der Waals surface area contributed by atoms with E-state index in [1.54, 1.807) is 0 Å². The van der Waals surface area contributed by atoms with Gasteiger partial charge in [0.25, 0.3) is 5.91 Å². The molecular weight excluding hydrogens is 326 g/mol. The molecule has 0 spiro atoms. The minimum atomic E-state index is -0.0331. The van der Waals surface area contributed by atoms with Gasteiger partial charge in [0.15, 0.2) is 0 Å². The number of fused-ring (bicyclic) bond motifs is 1. The Kier molecular flexibility index (Phi) is 4.88. The third-order valence-electron chi connectivity index (χ3n) is 6.25. The van der Waals surface area contributed by atoms with Gasteiger partial charge in [0.2, 0.25) is 5.91 Å². The zero-order valence-electron chi connectivity index (χ0n) is 15.6. The van der Waals surface area contributed by atoms with Crippen molar-refractivity contribution in [2.45, 2.75) is 51.5 Å². The van der Waals surface area contributed by atoms with Gasteiger partial charge in [-0.25, -0.2) is 0 Å². The van der Waals surface area contributed by atoms with Gasteiger partial charge < -0.3 is 15.5 Å². The Morgan fingerprint density at radius 3 is 2.92 bits per heavy atom. The first-order valence-electron chi connectivity index (χ1n) is 10.1. The number of carbonyl (C=O) groups is 2. The lowest BCUT2D eigenvalue weighted by Gasteiger charge is -2.41. The summed E-state index contributed by atoms with van der Waals surface area (Å²) in [6.45, 7) is 4.56. The minimum Gasteiger partial charge on any atom is -0.385 e. The number of benzene rings is 1. The SMILES string of the molecule is CCC1CC1C(=O)N1CCC1CNC(=O)c1ccc2c(c1)CCCCN2. The molecule has 26 heavy (non-hydrogen) atoms. The van der Waals surface area contributed by atoms with Gasteiger partial charge >= 0.3 is 0 Å². The van der Waals surface area contributed by atoms with E-state index in [1.807, 2.05) is 23.1 Å². The summed E-state index contributed by atoms with van der Waals surface area (Å²) < 4.78 is 0. The minimum absolute atomic E-state index is 0.0331. The number of amides is 2. The molecule has 2 amide bonds. The van der Waals surface area contributed by atoms with Gasteiger partial charge in [-0.15, -0.1) is 0 Å². The fourth-order valence-electron chi connectivity index (χ4n) is 4.25. The number of likely N-dealkylation sites (tertiary alicyclic amines) is 1. The van der Waals surface area contributed by atoms with Crippen LogP contribution in [0.1, 0.15) is 54.9 Å². The molecule has 3 unspecified atom stereocenters. The van der Waals surface area contributed by atoms with Gasteiger partial charge in [-0.1, -0.05) is 13.3 Å². The van der Waals surface area contributed by atoms with E-state index in [0.29, 0.717) is 18.4 Å². The second-order valence-corrected chi connectivity index (χ2v) is 7.95. The van der Waals surface area contributed by atoms with Crippen LogP contribution in [0, 0.1) is 11.8 Å². The maximum atomic E-state index is 12.5. The van der Waals surface area contributed by atoms with Gasteiger partial charge in [-0.05, 0) is 61.8 Å². The summed E-state index contributed by atoms with van der Waals surface area (Å²) in [6.07, 6.45) is 6.48. The van der Waals surface area contributed by atoms with Crippen LogP contribution < -0.4 is 10.6 Å². The normalized spacial score (nSPS) is 26.8. The Morgan fingerprint density at radius 2 is 2.19 bits per heavy atom. The lowest BCUT2D eigenvalue weighted by molar-refractivity contribution is -0.140. The fourth-order valence-corrected chi connectivity index (χ4v) is 4.25. The summed E-state index contributed by atoms with van der Waals surface area (Å²) in [5.41, 5.74) is 3.11. The first-order chi connectivity index (χ1) is 12.7. The van der Waals surface area contributed by atoms with E-state index in [9.17, 15) is 9.59 Å². The second kappa shape index (κ2) is 7.29. The molecule has 3 atom stereocenters. The van der Waals surface area contributed by atoms with Crippen LogP contribution in [0.5, 0.6) is 0 Å². The van der Waals surface area contributed by atoms with E-state index in [-0.39, 0.29) is 17.9 Å². The second-order valence-electron chi connectivity index (χ2n) is 7.95. The van der Waals surface area contributed by atoms with E-state index < -0.39 is 0 Å². The van der Waals surface area contributed by atoms with Crippen molar-refractivity contribution in [3.63, 3.8) is 0 Å². The molecule has 5 nitrogen and oxygen atoms in total. The molecular formula is C21H29N3O2. The lowest BCUT2D eigenvalue weighted by Crippen LogP contribution is -2.56. The average molecular weight is 355 g/mol. The predicted octanol–water partition coefficient (Wildman–Crippen LogP) is 2.81. The first-order valence-corrected chi connectivity index (χ1v) is 10.1.